The van der Waals surface area contributed by atoms with Gasteiger partial charge < -0.3 is 19.7 Å². The standard InChI is InChI=1S/C47H54Cl2O2.C4H6O2.Na/c1-8-35(5)43-17-12-11-16-39(43)19-18-34(4)32-51-46-27-26-42(31-45(46)49)47(7,28-13-29-50)41-25-24-40(44(48)30-41)23-21-37(33(2)3)20-22-38-15-10-9-14-36(38)6;1-3(2)4(5)6;/h9-12,14-20,22,24-27,30-31,35,50H,4,8,13,21,23,28-29,32H2,1-3,5-7H3;1H2,2H3,(H,5,6);/q;;+1/p-1/b19-18-,22-20-;;. The normalized spacial score (nSPS) is 12.5. The minimum atomic E-state index is -1.19. The van der Waals surface area contributed by atoms with Gasteiger partial charge in [0.2, 0.25) is 0 Å². The van der Waals surface area contributed by atoms with Crippen LogP contribution in [-0.2, 0) is 16.6 Å². The SMILES string of the molecule is C=C(/C=C\c1ccccc1C(C)CC)COc1ccc(C(C)(CCCO)c2ccc(CCC(/C=C\c3ccccc3C)=C(C)C)c(Cl)c2)cc1Cl.C=C(C)C(=O)[O-].[Na+]. The summed E-state index contributed by atoms with van der Waals surface area (Å²) in [4.78, 5) is 9.49. The van der Waals surface area contributed by atoms with E-state index in [9.17, 15) is 15.0 Å². The van der Waals surface area contributed by atoms with Gasteiger partial charge in [0.25, 0.3) is 0 Å². The molecule has 0 fully saturated rings. The predicted octanol–water partition coefficient (Wildman–Crippen LogP) is 9.84. The minimum absolute atomic E-state index is 0. The van der Waals surface area contributed by atoms with Gasteiger partial charge >= 0.3 is 29.6 Å². The number of carboxylic acids is 1. The van der Waals surface area contributed by atoms with Crippen LogP contribution >= 0.6 is 23.2 Å². The number of carbonyl (C=O) groups excluding carboxylic acids is 1. The van der Waals surface area contributed by atoms with Gasteiger partial charge in [-0.3, -0.25) is 0 Å². The Balaban J connectivity index is 0.00000154. The van der Waals surface area contributed by atoms with Crippen molar-refractivity contribution < 1.29 is 49.3 Å². The first-order chi connectivity index (χ1) is 27.1. The van der Waals surface area contributed by atoms with Crippen LogP contribution in [0.5, 0.6) is 5.75 Å². The Hall–Kier alpha value is -3.61. The first kappa shape index (κ1) is 50.5. The number of benzene rings is 4. The molecule has 4 aromatic rings. The molecule has 0 saturated heterocycles. The molecule has 0 radical (unpaired) electrons. The zero-order chi connectivity index (χ0) is 42.1. The number of hydrogen-bond donors (Lipinski definition) is 1. The molecule has 4 nitrogen and oxygen atoms in total. The van der Waals surface area contributed by atoms with E-state index in [-0.39, 0.29) is 41.7 Å². The molecule has 7 heteroatoms. The zero-order valence-corrected chi connectivity index (χ0v) is 39.3. The topological polar surface area (TPSA) is 69.6 Å². The average Bonchev–Trinajstić information content (AvgIpc) is 3.19. The Labute approximate surface area is 380 Å². The Morgan fingerprint density at radius 3 is 2.05 bits per heavy atom. The van der Waals surface area contributed by atoms with Crippen molar-refractivity contribution in [3.8, 4) is 5.75 Å². The van der Waals surface area contributed by atoms with E-state index < -0.39 is 11.4 Å². The Kier molecular flexibility index (Phi) is 21.9. The van der Waals surface area contributed by atoms with E-state index in [2.05, 4.69) is 146 Å². The smallest absolute Gasteiger partial charge is 0.545 e. The number of aliphatic carboxylic acids is 1. The van der Waals surface area contributed by atoms with Gasteiger partial charge in [0, 0.05) is 17.0 Å². The molecule has 0 saturated carbocycles. The monoisotopic (exact) mass is 828 g/mol. The fourth-order valence-electron chi connectivity index (χ4n) is 6.43. The van der Waals surface area contributed by atoms with Crippen molar-refractivity contribution in [2.24, 2.45) is 0 Å². The zero-order valence-electron chi connectivity index (χ0n) is 35.8. The van der Waals surface area contributed by atoms with Gasteiger partial charge in [-0.05, 0) is 140 Å². The van der Waals surface area contributed by atoms with Gasteiger partial charge in [-0.15, -0.1) is 0 Å². The molecule has 0 bridgehead atoms. The maximum absolute atomic E-state index is 9.82. The van der Waals surface area contributed by atoms with Crippen LogP contribution in [0.25, 0.3) is 12.2 Å². The first-order valence-electron chi connectivity index (χ1n) is 19.7. The van der Waals surface area contributed by atoms with Crippen molar-refractivity contribution in [1.29, 1.82) is 0 Å². The van der Waals surface area contributed by atoms with Gasteiger partial charge in [0.15, 0.2) is 0 Å². The molecule has 0 heterocycles. The van der Waals surface area contributed by atoms with E-state index in [4.69, 9.17) is 27.9 Å². The second-order valence-electron chi connectivity index (χ2n) is 15.1. The van der Waals surface area contributed by atoms with Gasteiger partial charge in [0.05, 0.1) is 11.0 Å². The second-order valence-corrected chi connectivity index (χ2v) is 15.9. The van der Waals surface area contributed by atoms with E-state index in [0.29, 0.717) is 29.7 Å². The average molecular weight is 830 g/mol. The Bertz CT molecular complexity index is 2080. The number of hydrogen-bond acceptors (Lipinski definition) is 4. The number of ether oxygens (including phenoxy) is 1. The molecule has 0 aliphatic rings. The van der Waals surface area contributed by atoms with E-state index in [1.54, 1.807) is 0 Å². The summed E-state index contributed by atoms with van der Waals surface area (Å²) in [5, 5.41) is 20.6. The van der Waals surface area contributed by atoms with E-state index in [1.165, 1.54) is 40.3 Å². The third-order valence-electron chi connectivity index (χ3n) is 10.5. The quantitative estimate of drug-likeness (QED) is 0.0617. The summed E-state index contributed by atoms with van der Waals surface area (Å²) in [5.41, 5.74) is 11.4. The second kappa shape index (κ2) is 25.1. The largest absolute Gasteiger partial charge is 1.00 e. The van der Waals surface area contributed by atoms with Crippen LogP contribution in [0.3, 0.4) is 0 Å². The molecule has 4 aromatic carbocycles. The number of carbonyl (C=O) groups is 1. The van der Waals surface area contributed by atoms with Crippen molar-refractivity contribution in [2.45, 2.75) is 91.9 Å². The number of halogens is 2. The van der Waals surface area contributed by atoms with E-state index in [1.807, 2.05) is 18.2 Å². The summed E-state index contributed by atoms with van der Waals surface area (Å²) in [6, 6.07) is 29.3. The van der Waals surface area contributed by atoms with Crippen LogP contribution in [0.15, 0.2) is 133 Å². The molecule has 0 amide bonds. The van der Waals surface area contributed by atoms with Crippen LogP contribution in [0.2, 0.25) is 10.0 Å². The number of rotatable bonds is 18. The molecule has 0 aromatic heterocycles. The van der Waals surface area contributed by atoms with Crippen molar-refractivity contribution in [1.82, 2.24) is 0 Å². The van der Waals surface area contributed by atoms with Gasteiger partial charge in [-0.25, -0.2) is 0 Å². The maximum Gasteiger partial charge on any atom is 1.00 e. The van der Waals surface area contributed by atoms with Crippen LogP contribution in [-0.4, -0.2) is 24.3 Å². The molecule has 2 atom stereocenters. The van der Waals surface area contributed by atoms with Crippen molar-refractivity contribution >= 4 is 41.3 Å². The van der Waals surface area contributed by atoms with Crippen molar-refractivity contribution in [2.75, 3.05) is 13.2 Å². The molecule has 4 rings (SSSR count). The predicted molar refractivity (Wildman–Crippen MR) is 241 cm³/mol. The fraction of sp³-hybridized carbons (Fsp3) is 0.314. The first-order valence-corrected chi connectivity index (χ1v) is 20.4. The van der Waals surface area contributed by atoms with Crippen molar-refractivity contribution in [3.05, 3.63) is 182 Å². The minimum Gasteiger partial charge on any atom is -0.545 e. The molecule has 2 unspecified atom stereocenters. The van der Waals surface area contributed by atoms with Crippen LogP contribution in [0.1, 0.15) is 112 Å². The molecule has 0 spiro atoms. The Morgan fingerprint density at radius 2 is 1.48 bits per heavy atom. The third-order valence-corrected chi connectivity index (χ3v) is 11.1. The summed E-state index contributed by atoms with van der Waals surface area (Å²) >= 11 is 13.8. The number of aryl methyl sites for hydroxylation is 2. The number of aliphatic hydroxyl groups is 1. The number of allylic oxidation sites excluding steroid dienone is 3. The Morgan fingerprint density at radius 1 is 0.897 bits per heavy atom. The molecule has 1 N–H and O–H groups in total. The van der Waals surface area contributed by atoms with Crippen molar-refractivity contribution in [3.63, 3.8) is 0 Å². The fourth-order valence-corrected chi connectivity index (χ4v) is 6.94. The van der Waals surface area contributed by atoms with Gasteiger partial charge in [-0.1, -0.05) is 154 Å². The number of carboxylic acid groups (broad SMARTS) is 1. The van der Waals surface area contributed by atoms with E-state index >= 15 is 0 Å². The summed E-state index contributed by atoms with van der Waals surface area (Å²) in [6.07, 6.45) is 12.8. The summed E-state index contributed by atoms with van der Waals surface area (Å²) in [5.74, 6) is -0.0858. The molecular formula is C51H59Cl2NaO4. The van der Waals surface area contributed by atoms with Crippen LogP contribution in [0, 0.1) is 6.92 Å². The van der Waals surface area contributed by atoms with Crippen LogP contribution in [0.4, 0.5) is 0 Å². The van der Waals surface area contributed by atoms with Gasteiger partial charge in [0.1, 0.15) is 12.4 Å². The summed E-state index contributed by atoms with van der Waals surface area (Å²) in [6.45, 7) is 22.3. The summed E-state index contributed by atoms with van der Waals surface area (Å²) in [7, 11) is 0. The summed E-state index contributed by atoms with van der Waals surface area (Å²) < 4.78 is 6.13. The number of aliphatic hydroxyl groups excluding tert-OH is 1. The maximum atomic E-state index is 9.82. The third kappa shape index (κ3) is 15.2. The molecule has 0 aliphatic heterocycles. The van der Waals surface area contributed by atoms with E-state index in [0.717, 1.165) is 53.0 Å². The molecular weight excluding hydrogens is 770 g/mol. The van der Waals surface area contributed by atoms with Gasteiger partial charge in [-0.2, -0.15) is 0 Å². The molecule has 0 aliphatic carbocycles. The molecule has 58 heavy (non-hydrogen) atoms. The molecule has 302 valence electrons. The van der Waals surface area contributed by atoms with Crippen LogP contribution < -0.4 is 39.4 Å².